The molecule has 0 aromatic heterocycles. The topological polar surface area (TPSA) is 71.9 Å². The number of methoxy groups -OCH3 is 1. The molecule has 0 aliphatic rings. The molecule has 3 N–H and O–H groups in total. The number of hydrogen-bond acceptors (Lipinski definition) is 3. The number of quaternary nitrogens is 1. The van der Waals surface area contributed by atoms with Gasteiger partial charge in [-0.2, -0.15) is 0 Å². The number of aryl methyl sites for hydroxylation is 1. The number of anilines is 1. The highest BCUT2D eigenvalue weighted by molar-refractivity contribution is 5.91. The Kier molecular flexibility index (Phi) is 8.68. The molecule has 2 amide bonds. The molecule has 2 aromatic rings. The molecule has 6 heteroatoms. The minimum absolute atomic E-state index is 0.0215. The maximum absolute atomic E-state index is 12.6. The van der Waals surface area contributed by atoms with Crippen LogP contribution in [-0.2, 0) is 9.59 Å². The number of ether oxygens (including phenoxy) is 1. The summed E-state index contributed by atoms with van der Waals surface area (Å²) in [5.74, 6) is 0.500. The largest absolute Gasteiger partial charge is 0.497 e. The normalized spacial score (nSPS) is 12.7. The monoisotopic (exact) mass is 398 g/mol. The van der Waals surface area contributed by atoms with Gasteiger partial charge in [0.1, 0.15) is 5.75 Å². The van der Waals surface area contributed by atoms with E-state index in [9.17, 15) is 9.59 Å². The van der Waals surface area contributed by atoms with Crippen LogP contribution in [0.2, 0.25) is 0 Å². The predicted molar refractivity (Wildman–Crippen MR) is 115 cm³/mol. The van der Waals surface area contributed by atoms with Crippen molar-refractivity contribution in [3.8, 4) is 5.75 Å². The fraction of sp³-hybridized carbons (Fsp3) is 0.391. The standard InChI is InChI=1S/C23H31N3O3/c1-5-21(18-12-10-17(3)11-13-18)25-23(28)16-26(6-2)15-22(27)24-19-8-7-9-20(14-19)29-4/h7-14,21H,5-6,15-16H2,1-4H3,(H,24,27)(H,25,28)/p+1/t21-/m0/s1. The second-order valence-corrected chi connectivity index (χ2v) is 7.18. The first kappa shape index (κ1) is 22.4. The molecule has 0 spiro atoms. The Morgan fingerprint density at radius 3 is 2.34 bits per heavy atom. The molecule has 2 rings (SSSR count). The Hall–Kier alpha value is -2.86. The van der Waals surface area contributed by atoms with E-state index in [1.165, 1.54) is 5.56 Å². The lowest BCUT2D eigenvalue weighted by atomic mass is 10.0. The van der Waals surface area contributed by atoms with Crippen LogP contribution in [0.1, 0.15) is 37.4 Å². The summed E-state index contributed by atoms with van der Waals surface area (Å²) in [6.45, 7) is 7.23. The van der Waals surface area contributed by atoms with E-state index >= 15 is 0 Å². The number of amides is 2. The number of benzene rings is 2. The van der Waals surface area contributed by atoms with Crippen LogP contribution in [0.4, 0.5) is 5.69 Å². The Labute approximate surface area is 173 Å². The van der Waals surface area contributed by atoms with E-state index in [4.69, 9.17) is 4.74 Å². The van der Waals surface area contributed by atoms with Crippen LogP contribution >= 0.6 is 0 Å². The van der Waals surface area contributed by atoms with Crippen molar-refractivity contribution in [3.63, 3.8) is 0 Å². The van der Waals surface area contributed by atoms with Gasteiger partial charge < -0.3 is 20.3 Å². The third-order valence-electron chi connectivity index (χ3n) is 4.90. The lowest BCUT2D eigenvalue weighted by Crippen LogP contribution is -3.14. The van der Waals surface area contributed by atoms with Crippen molar-refractivity contribution in [3.05, 3.63) is 59.7 Å². The van der Waals surface area contributed by atoms with Crippen molar-refractivity contribution < 1.29 is 19.2 Å². The molecule has 29 heavy (non-hydrogen) atoms. The van der Waals surface area contributed by atoms with Crippen LogP contribution in [0, 0.1) is 6.92 Å². The molecule has 0 saturated carbocycles. The maximum Gasteiger partial charge on any atom is 0.279 e. The summed E-state index contributed by atoms with van der Waals surface area (Å²) in [6, 6.07) is 15.4. The first-order valence-electron chi connectivity index (χ1n) is 10.1. The molecule has 0 radical (unpaired) electrons. The number of nitrogens with one attached hydrogen (secondary N) is 3. The quantitative estimate of drug-likeness (QED) is 0.574. The SMILES string of the molecule is CC[C@H](NC(=O)C[NH+](CC)CC(=O)Nc1cccc(OC)c1)c1ccc(C)cc1. The predicted octanol–water partition coefficient (Wildman–Crippen LogP) is 2.11. The third-order valence-corrected chi connectivity index (χ3v) is 4.90. The summed E-state index contributed by atoms with van der Waals surface area (Å²) in [4.78, 5) is 25.9. The summed E-state index contributed by atoms with van der Waals surface area (Å²) < 4.78 is 5.17. The second kappa shape index (κ2) is 11.2. The number of hydrogen-bond donors (Lipinski definition) is 3. The molecule has 0 fully saturated rings. The summed E-state index contributed by atoms with van der Waals surface area (Å²) in [6.07, 6.45) is 0.812. The molecule has 0 heterocycles. The highest BCUT2D eigenvalue weighted by atomic mass is 16.5. The molecule has 0 saturated heterocycles. The summed E-state index contributed by atoms with van der Waals surface area (Å²) in [7, 11) is 1.59. The van der Waals surface area contributed by atoms with E-state index in [2.05, 4.69) is 41.8 Å². The third kappa shape index (κ3) is 7.23. The average molecular weight is 399 g/mol. The second-order valence-electron chi connectivity index (χ2n) is 7.18. The van der Waals surface area contributed by atoms with Gasteiger partial charge in [-0.1, -0.05) is 42.8 Å². The zero-order valence-electron chi connectivity index (χ0n) is 17.7. The summed E-state index contributed by atoms with van der Waals surface area (Å²) >= 11 is 0. The van der Waals surface area contributed by atoms with Crippen LogP contribution < -0.4 is 20.3 Å². The molecular weight excluding hydrogens is 366 g/mol. The Balaban J connectivity index is 1.89. The Morgan fingerprint density at radius 1 is 1.03 bits per heavy atom. The minimum Gasteiger partial charge on any atom is -0.497 e. The molecule has 2 atom stereocenters. The lowest BCUT2D eigenvalue weighted by Gasteiger charge is -2.21. The number of carbonyl (C=O) groups excluding carboxylic acids is 2. The van der Waals surface area contributed by atoms with Crippen molar-refractivity contribution in [1.29, 1.82) is 0 Å². The highest BCUT2D eigenvalue weighted by Gasteiger charge is 2.19. The summed E-state index contributed by atoms with van der Waals surface area (Å²) in [5, 5.41) is 5.96. The molecule has 6 nitrogen and oxygen atoms in total. The Bertz CT molecular complexity index is 805. The molecule has 0 bridgehead atoms. The van der Waals surface area contributed by atoms with Gasteiger partial charge in [0.25, 0.3) is 11.8 Å². The molecule has 156 valence electrons. The van der Waals surface area contributed by atoms with E-state index < -0.39 is 0 Å². The summed E-state index contributed by atoms with van der Waals surface area (Å²) in [5.41, 5.74) is 2.97. The van der Waals surface area contributed by atoms with Gasteiger partial charge in [0.15, 0.2) is 13.1 Å². The average Bonchev–Trinajstić information content (AvgIpc) is 2.72. The van der Waals surface area contributed by atoms with Crippen LogP contribution in [0.15, 0.2) is 48.5 Å². The molecule has 2 aromatic carbocycles. The molecular formula is C23H32N3O3+. The highest BCUT2D eigenvalue weighted by Crippen LogP contribution is 2.17. The van der Waals surface area contributed by atoms with Gasteiger partial charge in [0.2, 0.25) is 0 Å². The van der Waals surface area contributed by atoms with Gasteiger partial charge >= 0.3 is 0 Å². The van der Waals surface area contributed by atoms with E-state index in [-0.39, 0.29) is 30.9 Å². The molecule has 1 unspecified atom stereocenters. The molecule has 0 aliphatic carbocycles. The van der Waals surface area contributed by atoms with Gasteiger partial charge in [0.05, 0.1) is 19.7 Å². The van der Waals surface area contributed by atoms with Crippen molar-refractivity contribution >= 4 is 17.5 Å². The van der Waals surface area contributed by atoms with Crippen LogP contribution in [-0.4, -0.2) is 38.6 Å². The van der Waals surface area contributed by atoms with Gasteiger partial charge in [-0.15, -0.1) is 0 Å². The smallest absolute Gasteiger partial charge is 0.279 e. The van der Waals surface area contributed by atoms with E-state index in [0.29, 0.717) is 18.0 Å². The Morgan fingerprint density at radius 2 is 1.72 bits per heavy atom. The van der Waals surface area contributed by atoms with Crippen molar-refractivity contribution in [1.82, 2.24) is 5.32 Å². The van der Waals surface area contributed by atoms with Crippen LogP contribution in [0.5, 0.6) is 5.75 Å². The number of rotatable bonds is 10. The fourth-order valence-corrected chi connectivity index (χ4v) is 3.14. The molecule has 0 aliphatic heterocycles. The first-order chi connectivity index (χ1) is 13.9. The van der Waals surface area contributed by atoms with Crippen LogP contribution in [0.3, 0.4) is 0 Å². The van der Waals surface area contributed by atoms with Crippen LogP contribution in [0.25, 0.3) is 0 Å². The zero-order valence-corrected chi connectivity index (χ0v) is 17.7. The number of carbonyl (C=O) groups is 2. The maximum atomic E-state index is 12.6. The van der Waals surface area contributed by atoms with Gasteiger partial charge in [-0.3, -0.25) is 9.59 Å². The van der Waals surface area contributed by atoms with Crippen molar-refractivity contribution in [2.24, 2.45) is 0 Å². The van der Waals surface area contributed by atoms with Gasteiger partial charge in [0, 0.05) is 11.8 Å². The van der Waals surface area contributed by atoms with E-state index in [1.807, 2.05) is 32.0 Å². The first-order valence-corrected chi connectivity index (χ1v) is 10.1. The number of likely N-dealkylation sites (N-methyl/N-ethyl adjacent to an activating group) is 1. The lowest BCUT2D eigenvalue weighted by molar-refractivity contribution is -0.881. The van der Waals surface area contributed by atoms with Gasteiger partial charge in [-0.05, 0) is 38.0 Å². The van der Waals surface area contributed by atoms with Crippen molar-refractivity contribution in [2.75, 3.05) is 32.1 Å². The fourth-order valence-electron chi connectivity index (χ4n) is 3.14. The van der Waals surface area contributed by atoms with E-state index in [0.717, 1.165) is 16.9 Å². The van der Waals surface area contributed by atoms with E-state index in [1.54, 1.807) is 13.2 Å². The minimum atomic E-state index is -0.131. The van der Waals surface area contributed by atoms with Crippen molar-refractivity contribution in [2.45, 2.75) is 33.2 Å². The zero-order chi connectivity index (χ0) is 21.2. The van der Waals surface area contributed by atoms with Gasteiger partial charge in [-0.25, -0.2) is 0 Å².